The van der Waals surface area contributed by atoms with Crippen LogP contribution in [0, 0.1) is 10.1 Å². The van der Waals surface area contributed by atoms with Crippen molar-refractivity contribution in [1.29, 1.82) is 0 Å². The van der Waals surface area contributed by atoms with Crippen LogP contribution in [0.1, 0.15) is 37.0 Å². The summed E-state index contributed by atoms with van der Waals surface area (Å²) in [6.07, 6.45) is 1.94. The largest absolute Gasteiger partial charge is 0.377 e. The van der Waals surface area contributed by atoms with Crippen LogP contribution < -0.4 is 10.6 Å². The Morgan fingerprint density at radius 2 is 1.80 bits per heavy atom. The Morgan fingerprint density at radius 3 is 2.33 bits per heavy atom. The van der Waals surface area contributed by atoms with Crippen molar-refractivity contribution in [3.8, 4) is 0 Å². The molecule has 0 unspecified atom stereocenters. The van der Waals surface area contributed by atoms with E-state index in [4.69, 9.17) is 0 Å². The Bertz CT molecular complexity index is 1060. The fourth-order valence-corrected chi connectivity index (χ4v) is 4.12. The van der Waals surface area contributed by atoms with E-state index in [0.29, 0.717) is 11.4 Å². The number of amides is 1. The lowest BCUT2D eigenvalue weighted by molar-refractivity contribution is -0.384. The number of hydrogen-bond acceptors (Lipinski definition) is 6. The zero-order valence-corrected chi connectivity index (χ0v) is 17.8. The molecule has 1 fully saturated rings. The minimum atomic E-state index is -3.62. The van der Waals surface area contributed by atoms with Crippen molar-refractivity contribution in [3.63, 3.8) is 0 Å². The van der Waals surface area contributed by atoms with Gasteiger partial charge in [-0.25, -0.2) is 8.42 Å². The van der Waals surface area contributed by atoms with Gasteiger partial charge in [-0.15, -0.1) is 0 Å². The van der Waals surface area contributed by atoms with Crippen molar-refractivity contribution >= 4 is 33.0 Å². The van der Waals surface area contributed by atoms with Gasteiger partial charge in [0, 0.05) is 36.4 Å². The number of carbonyl (C=O) groups excluding carboxylic acids is 1. The van der Waals surface area contributed by atoms with Crippen LogP contribution in [0.15, 0.2) is 47.4 Å². The van der Waals surface area contributed by atoms with Crippen LogP contribution in [0.5, 0.6) is 0 Å². The molecule has 0 aliphatic heterocycles. The molecule has 1 aliphatic rings. The number of nitro benzene ring substituents is 1. The summed E-state index contributed by atoms with van der Waals surface area (Å²) in [5.41, 5.74) is 0.754. The predicted molar refractivity (Wildman–Crippen MR) is 114 cm³/mol. The molecule has 0 radical (unpaired) electrons. The first-order valence-corrected chi connectivity index (χ1v) is 11.0. The summed E-state index contributed by atoms with van der Waals surface area (Å²) in [5, 5.41) is 17.1. The van der Waals surface area contributed by atoms with Crippen LogP contribution in [0.2, 0.25) is 0 Å². The maximum Gasteiger partial charge on any atom is 0.293 e. The van der Waals surface area contributed by atoms with Gasteiger partial charge >= 0.3 is 0 Å². The van der Waals surface area contributed by atoms with Gasteiger partial charge in [-0.1, -0.05) is 0 Å². The summed E-state index contributed by atoms with van der Waals surface area (Å²) in [7, 11) is -2.12. The normalized spacial score (nSPS) is 14.0. The van der Waals surface area contributed by atoms with Crippen molar-refractivity contribution in [3.05, 3.63) is 58.1 Å². The molecule has 0 atom stereocenters. The Labute approximate surface area is 175 Å². The lowest BCUT2D eigenvalue weighted by Crippen LogP contribution is -2.33. The van der Waals surface area contributed by atoms with E-state index in [1.54, 1.807) is 13.8 Å². The van der Waals surface area contributed by atoms with Crippen LogP contribution in [0.4, 0.5) is 17.1 Å². The average Bonchev–Trinajstić information content (AvgIpc) is 3.51. The number of hydrogen-bond donors (Lipinski definition) is 2. The zero-order chi connectivity index (χ0) is 22.1. The van der Waals surface area contributed by atoms with Gasteiger partial charge in [-0.05, 0) is 63.1 Å². The Morgan fingerprint density at radius 1 is 1.17 bits per heavy atom. The highest BCUT2D eigenvalue weighted by molar-refractivity contribution is 7.89. The molecule has 2 aromatic carbocycles. The highest BCUT2D eigenvalue weighted by Crippen LogP contribution is 2.31. The number of rotatable bonds is 8. The maximum absolute atomic E-state index is 12.5. The van der Waals surface area contributed by atoms with E-state index in [9.17, 15) is 23.3 Å². The van der Waals surface area contributed by atoms with E-state index >= 15 is 0 Å². The standard InChI is InChI=1S/C20H24N4O5S/c1-13(2)23(3)30(28,29)17-9-7-16(8-10-17)22-20(25)14-4-11-18(21-15-5-6-15)19(12-14)24(26)27/h4,7-13,15,21H,5-6H2,1-3H3,(H,22,25). The number of anilines is 2. The van der Waals surface area contributed by atoms with E-state index in [1.807, 2.05) is 0 Å². The summed E-state index contributed by atoms with van der Waals surface area (Å²) in [5.74, 6) is -0.522. The number of sulfonamides is 1. The van der Waals surface area contributed by atoms with Crippen LogP contribution >= 0.6 is 0 Å². The number of benzene rings is 2. The molecule has 0 aromatic heterocycles. The van der Waals surface area contributed by atoms with Crippen molar-refractivity contribution in [1.82, 2.24) is 4.31 Å². The molecule has 0 saturated heterocycles. The second-order valence-corrected chi connectivity index (χ2v) is 9.50. The SMILES string of the molecule is CC(C)N(C)S(=O)(=O)c1ccc(NC(=O)c2ccc(NC3CC3)c([N+](=O)[O-])c2)cc1. The molecule has 1 amide bonds. The van der Waals surface area contributed by atoms with E-state index in [2.05, 4.69) is 10.6 Å². The zero-order valence-electron chi connectivity index (χ0n) is 17.0. The molecule has 1 saturated carbocycles. The van der Waals surface area contributed by atoms with Crippen LogP contribution in [0.3, 0.4) is 0 Å². The van der Waals surface area contributed by atoms with Crippen LogP contribution in [0.25, 0.3) is 0 Å². The summed E-state index contributed by atoms with van der Waals surface area (Å²) in [6, 6.07) is 10.1. The number of nitro groups is 1. The number of nitrogens with zero attached hydrogens (tertiary/aromatic N) is 2. The molecular formula is C20H24N4O5S. The minimum Gasteiger partial charge on any atom is -0.377 e. The molecule has 3 rings (SSSR count). The van der Waals surface area contributed by atoms with Gasteiger partial charge in [0.05, 0.1) is 9.82 Å². The third kappa shape index (κ3) is 4.77. The molecule has 0 bridgehead atoms. The van der Waals surface area contributed by atoms with E-state index < -0.39 is 20.9 Å². The maximum atomic E-state index is 12.5. The van der Waals surface area contributed by atoms with Gasteiger partial charge in [0.25, 0.3) is 11.6 Å². The van der Waals surface area contributed by atoms with Gasteiger partial charge < -0.3 is 10.6 Å². The van der Waals surface area contributed by atoms with Crippen molar-refractivity contribution in [2.75, 3.05) is 17.7 Å². The van der Waals surface area contributed by atoms with Gasteiger partial charge in [0.2, 0.25) is 10.0 Å². The lowest BCUT2D eigenvalue weighted by atomic mass is 10.1. The third-order valence-corrected chi connectivity index (χ3v) is 6.96. The first-order valence-electron chi connectivity index (χ1n) is 9.54. The molecule has 2 N–H and O–H groups in total. The van der Waals surface area contributed by atoms with Crippen LogP contribution in [-0.4, -0.2) is 42.7 Å². The fourth-order valence-electron chi connectivity index (χ4n) is 2.75. The summed E-state index contributed by atoms with van der Waals surface area (Å²) in [6.45, 7) is 3.55. The third-order valence-electron chi connectivity index (χ3n) is 4.91. The summed E-state index contributed by atoms with van der Waals surface area (Å²) in [4.78, 5) is 23.5. The quantitative estimate of drug-likeness (QED) is 0.487. The van der Waals surface area contributed by atoms with Gasteiger partial charge in [-0.2, -0.15) is 4.31 Å². The minimum absolute atomic E-state index is 0.114. The highest BCUT2D eigenvalue weighted by atomic mass is 32.2. The summed E-state index contributed by atoms with van der Waals surface area (Å²) < 4.78 is 26.3. The first-order chi connectivity index (χ1) is 14.1. The number of carbonyl (C=O) groups is 1. The fraction of sp³-hybridized carbons (Fsp3) is 0.350. The molecule has 2 aromatic rings. The van der Waals surface area contributed by atoms with Crippen molar-refractivity contribution < 1.29 is 18.1 Å². The molecule has 9 nitrogen and oxygen atoms in total. The number of nitrogens with one attached hydrogen (secondary N) is 2. The topological polar surface area (TPSA) is 122 Å². The van der Waals surface area contributed by atoms with Gasteiger partial charge in [0.1, 0.15) is 5.69 Å². The first kappa shape index (κ1) is 21.7. The molecule has 0 spiro atoms. The summed E-state index contributed by atoms with van der Waals surface area (Å²) >= 11 is 0. The Balaban J connectivity index is 1.76. The van der Waals surface area contributed by atoms with Crippen LogP contribution in [-0.2, 0) is 10.0 Å². The second-order valence-electron chi connectivity index (χ2n) is 7.50. The van der Waals surface area contributed by atoms with E-state index in [1.165, 1.54) is 53.8 Å². The Kier molecular flexibility index (Phi) is 6.09. The molecular weight excluding hydrogens is 408 g/mol. The van der Waals surface area contributed by atoms with Gasteiger partial charge in [-0.3, -0.25) is 14.9 Å². The monoisotopic (exact) mass is 432 g/mol. The molecule has 10 heteroatoms. The molecule has 160 valence electrons. The molecule has 30 heavy (non-hydrogen) atoms. The van der Waals surface area contributed by atoms with Gasteiger partial charge in [0.15, 0.2) is 0 Å². The second kappa shape index (κ2) is 8.41. The molecule has 0 heterocycles. The average molecular weight is 433 g/mol. The predicted octanol–water partition coefficient (Wildman–Crippen LogP) is 3.45. The van der Waals surface area contributed by atoms with E-state index in [-0.39, 0.29) is 28.2 Å². The lowest BCUT2D eigenvalue weighted by Gasteiger charge is -2.21. The molecule has 1 aliphatic carbocycles. The smallest absolute Gasteiger partial charge is 0.293 e. The van der Waals surface area contributed by atoms with Crippen molar-refractivity contribution in [2.45, 2.75) is 43.7 Å². The highest BCUT2D eigenvalue weighted by Gasteiger charge is 2.26. The van der Waals surface area contributed by atoms with Crippen molar-refractivity contribution in [2.24, 2.45) is 0 Å². The van der Waals surface area contributed by atoms with E-state index in [0.717, 1.165) is 12.8 Å². The Hall–Kier alpha value is -2.98.